The van der Waals surface area contributed by atoms with Crippen molar-refractivity contribution in [3.8, 4) is 11.3 Å². The van der Waals surface area contributed by atoms with E-state index in [0.29, 0.717) is 6.98 Å². The second kappa shape index (κ2) is 5.04. The summed E-state index contributed by atoms with van der Waals surface area (Å²) in [6.07, 6.45) is 2.22. The third-order valence-electron chi connectivity index (χ3n) is 5.28. The smallest absolute Gasteiger partial charge is 0.371 e. The van der Waals surface area contributed by atoms with Crippen LogP contribution in [0.4, 0.5) is 11.4 Å². The van der Waals surface area contributed by atoms with Crippen molar-refractivity contribution in [2.45, 2.75) is 27.6 Å². The van der Waals surface area contributed by atoms with Crippen LogP contribution in [0.2, 0.25) is 6.82 Å². The van der Waals surface area contributed by atoms with Gasteiger partial charge in [0, 0.05) is 17.3 Å². The van der Waals surface area contributed by atoms with Gasteiger partial charge < -0.3 is 9.62 Å². The van der Waals surface area contributed by atoms with Gasteiger partial charge in [0.15, 0.2) is 6.20 Å². The first-order valence-corrected chi connectivity index (χ1v) is 7.89. The number of aryl methyl sites for hydroxylation is 3. The highest BCUT2D eigenvalue weighted by molar-refractivity contribution is 6.68. The summed E-state index contributed by atoms with van der Waals surface area (Å²) in [5, 5.41) is 0. The molecule has 0 N–H and O–H groups in total. The van der Waals surface area contributed by atoms with E-state index >= 15 is 0 Å². The molecule has 1 aromatic carbocycles. The van der Waals surface area contributed by atoms with E-state index in [1.807, 2.05) is 0 Å². The third kappa shape index (κ3) is 2.01. The lowest BCUT2D eigenvalue weighted by atomic mass is 9.78. The molecule has 0 saturated carbocycles. The van der Waals surface area contributed by atoms with Crippen molar-refractivity contribution in [3.63, 3.8) is 0 Å². The summed E-state index contributed by atoms with van der Waals surface area (Å²) in [4.78, 5) is 4.71. The van der Waals surface area contributed by atoms with Crippen LogP contribution in [0, 0.1) is 20.8 Å². The molecule has 0 atom stereocenters. The normalized spacial score (nSPS) is 13.9. The highest BCUT2D eigenvalue weighted by atomic mass is 15.3. The van der Waals surface area contributed by atoms with Gasteiger partial charge in [0.1, 0.15) is 7.05 Å². The van der Waals surface area contributed by atoms with Crippen LogP contribution in [0.5, 0.6) is 0 Å². The largest absolute Gasteiger partial charge is 0.397 e. The van der Waals surface area contributed by atoms with Crippen molar-refractivity contribution in [1.29, 1.82) is 0 Å². The van der Waals surface area contributed by atoms with E-state index in [2.05, 4.69) is 87.3 Å². The zero-order chi connectivity index (χ0) is 16.2. The van der Waals surface area contributed by atoms with Crippen LogP contribution >= 0.6 is 0 Å². The van der Waals surface area contributed by atoms with Crippen LogP contribution in [0.3, 0.4) is 0 Å². The predicted octanol–water partition coefficient (Wildman–Crippen LogP) is 3.11. The lowest BCUT2D eigenvalue weighted by Crippen LogP contribution is -2.41. The fourth-order valence-electron chi connectivity index (χ4n) is 3.49. The minimum atomic E-state index is 0.400. The molecule has 2 aromatic rings. The third-order valence-corrected chi connectivity index (χ3v) is 5.28. The molecule has 4 heteroatoms. The van der Waals surface area contributed by atoms with Crippen molar-refractivity contribution >= 4 is 18.4 Å². The Labute approximate surface area is 134 Å². The van der Waals surface area contributed by atoms with Gasteiger partial charge >= 0.3 is 6.98 Å². The molecule has 2 heterocycles. The molecule has 0 bridgehead atoms. The molecule has 0 aliphatic carbocycles. The number of anilines is 2. The Balaban J connectivity index is 2.22. The molecular formula is C18H25BN3+. The fraction of sp³-hybridized carbons (Fsp3) is 0.389. The molecule has 114 valence electrons. The van der Waals surface area contributed by atoms with E-state index in [0.717, 1.165) is 0 Å². The van der Waals surface area contributed by atoms with Gasteiger partial charge in [-0.1, -0.05) is 0 Å². The van der Waals surface area contributed by atoms with Crippen LogP contribution in [0.25, 0.3) is 11.3 Å². The second-order valence-corrected chi connectivity index (χ2v) is 6.60. The number of aromatic nitrogens is 1. The first-order chi connectivity index (χ1) is 10.3. The number of pyridine rings is 1. The Morgan fingerprint density at radius 2 is 1.68 bits per heavy atom. The molecule has 3 nitrogen and oxygen atoms in total. The lowest BCUT2D eigenvalue weighted by molar-refractivity contribution is -0.660. The molecule has 0 unspecified atom stereocenters. The SMILES string of the molecule is CB1N(C)c2ccc(-c3cc(C)c(C)c[n+]3C)c(C)c2N1C. The number of nitrogens with zero attached hydrogens (tertiary/aromatic N) is 3. The standard InChI is InChI=1S/C18H25BN3/c1-12-10-17(20(5)11-13(12)2)15-8-9-16-18(14(15)3)22(7)19(4)21(16)6/h8-11H,1-7H3/q+1. The summed E-state index contributed by atoms with van der Waals surface area (Å²) in [5.74, 6) is 0. The summed E-state index contributed by atoms with van der Waals surface area (Å²) in [6, 6.07) is 6.82. The Morgan fingerprint density at radius 1 is 1.00 bits per heavy atom. The predicted molar refractivity (Wildman–Crippen MR) is 95.7 cm³/mol. The summed E-state index contributed by atoms with van der Waals surface area (Å²) < 4.78 is 2.24. The summed E-state index contributed by atoms with van der Waals surface area (Å²) >= 11 is 0. The lowest BCUT2D eigenvalue weighted by Gasteiger charge is -2.19. The maximum absolute atomic E-state index is 2.37. The van der Waals surface area contributed by atoms with Gasteiger partial charge in [0.2, 0.25) is 5.69 Å². The molecule has 1 aliphatic heterocycles. The van der Waals surface area contributed by atoms with Crippen LogP contribution in [-0.4, -0.2) is 21.1 Å². The Morgan fingerprint density at radius 3 is 2.36 bits per heavy atom. The maximum atomic E-state index is 2.37. The van der Waals surface area contributed by atoms with Crippen LogP contribution in [0.1, 0.15) is 16.7 Å². The van der Waals surface area contributed by atoms with Crippen molar-refractivity contribution in [2.24, 2.45) is 7.05 Å². The molecule has 0 amide bonds. The Bertz CT molecular complexity index is 754. The van der Waals surface area contributed by atoms with Crippen molar-refractivity contribution in [3.05, 3.63) is 41.1 Å². The zero-order valence-electron chi connectivity index (χ0n) is 14.7. The van der Waals surface area contributed by atoms with Gasteiger partial charge in [0.05, 0.1) is 11.3 Å². The van der Waals surface area contributed by atoms with Crippen LogP contribution in [0.15, 0.2) is 24.4 Å². The van der Waals surface area contributed by atoms with E-state index in [4.69, 9.17) is 0 Å². The molecule has 0 saturated heterocycles. The molecule has 0 radical (unpaired) electrons. The van der Waals surface area contributed by atoms with Gasteiger partial charge in [-0.3, -0.25) is 0 Å². The Hall–Kier alpha value is -1.97. The zero-order valence-corrected chi connectivity index (χ0v) is 14.7. The molecule has 22 heavy (non-hydrogen) atoms. The monoisotopic (exact) mass is 294 g/mol. The van der Waals surface area contributed by atoms with Crippen LogP contribution in [-0.2, 0) is 7.05 Å². The number of hydrogen-bond donors (Lipinski definition) is 0. The fourth-order valence-corrected chi connectivity index (χ4v) is 3.49. The molecule has 1 aromatic heterocycles. The van der Waals surface area contributed by atoms with Gasteiger partial charge in [-0.15, -0.1) is 0 Å². The minimum Gasteiger partial charge on any atom is -0.397 e. The Kier molecular flexibility index (Phi) is 3.43. The topological polar surface area (TPSA) is 10.4 Å². The van der Waals surface area contributed by atoms with Crippen molar-refractivity contribution in [1.82, 2.24) is 0 Å². The van der Waals surface area contributed by atoms with Crippen molar-refractivity contribution in [2.75, 3.05) is 23.7 Å². The average molecular weight is 294 g/mol. The van der Waals surface area contributed by atoms with E-state index in [1.54, 1.807) is 0 Å². The first-order valence-electron chi connectivity index (χ1n) is 7.89. The second-order valence-electron chi connectivity index (χ2n) is 6.60. The number of rotatable bonds is 1. The first kappa shape index (κ1) is 15.0. The molecule has 0 spiro atoms. The minimum absolute atomic E-state index is 0.400. The van der Waals surface area contributed by atoms with E-state index in [9.17, 15) is 0 Å². The van der Waals surface area contributed by atoms with E-state index < -0.39 is 0 Å². The number of hydrogen-bond acceptors (Lipinski definition) is 2. The highest BCUT2D eigenvalue weighted by Crippen LogP contribution is 2.42. The molecule has 1 aliphatic rings. The van der Waals surface area contributed by atoms with Gasteiger partial charge in [-0.05, 0) is 64.9 Å². The van der Waals surface area contributed by atoms with Gasteiger partial charge in [-0.25, -0.2) is 4.57 Å². The van der Waals surface area contributed by atoms with E-state index in [-0.39, 0.29) is 0 Å². The summed E-state index contributed by atoms with van der Waals surface area (Å²) in [7, 11) is 6.49. The highest BCUT2D eigenvalue weighted by Gasteiger charge is 2.34. The van der Waals surface area contributed by atoms with Gasteiger partial charge in [-0.2, -0.15) is 0 Å². The maximum Gasteiger partial charge on any atom is 0.371 e. The molecule has 3 rings (SSSR count). The molecule has 0 fully saturated rings. The summed E-state index contributed by atoms with van der Waals surface area (Å²) in [6.45, 7) is 9.24. The van der Waals surface area contributed by atoms with Crippen LogP contribution < -0.4 is 14.2 Å². The van der Waals surface area contributed by atoms with E-state index in [1.165, 1.54) is 39.3 Å². The number of benzene rings is 1. The van der Waals surface area contributed by atoms with Gasteiger partial charge in [0.25, 0.3) is 0 Å². The van der Waals surface area contributed by atoms with Crippen molar-refractivity contribution < 1.29 is 4.57 Å². The molecular weight excluding hydrogens is 269 g/mol. The average Bonchev–Trinajstić information content (AvgIpc) is 2.69. The number of fused-ring (bicyclic) bond motifs is 1. The summed E-state index contributed by atoms with van der Waals surface area (Å²) in [5.41, 5.74) is 9.29. The quantitative estimate of drug-likeness (QED) is 0.591.